The monoisotopic (exact) mass is 529 g/mol. The zero-order valence-corrected chi connectivity index (χ0v) is 27.4. The molecule has 0 bridgehead atoms. The van der Waals surface area contributed by atoms with Crippen molar-refractivity contribution >= 4 is 0 Å². The lowest BCUT2D eigenvalue weighted by atomic mass is 9.80. The van der Waals surface area contributed by atoms with Crippen LogP contribution in [0.3, 0.4) is 0 Å². The highest BCUT2D eigenvalue weighted by molar-refractivity contribution is 5.19. The van der Waals surface area contributed by atoms with Crippen LogP contribution in [0, 0.1) is 35.5 Å². The molecule has 0 aromatic carbocycles. The van der Waals surface area contributed by atoms with E-state index in [2.05, 4.69) is 41.5 Å². The van der Waals surface area contributed by atoms with Crippen LogP contribution in [-0.2, 0) is 0 Å². The van der Waals surface area contributed by atoms with Crippen LogP contribution in [-0.4, -0.2) is 0 Å². The van der Waals surface area contributed by atoms with Crippen molar-refractivity contribution in [3.63, 3.8) is 0 Å². The first-order chi connectivity index (χ1) is 18.4. The fraction of sp³-hybridized carbons (Fsp3) is 0.947. The first-order valence-electron chi connectivity index (χ1n) is 18.1. The maximum Gasteiger partial charge on any atom is -0.0229 e. The second kappa shape index (κ2) is 20.6. The number of hydrogen-bond acceptors (Lipinski definition) is 0. The van der Waals surface area contributed by atoms with Gasteiger partial charge in [-0.25, -0.2) is 0 Å². The third-order valence-electron chi connectivity index (χ3n) is 11.3. The van der Waals surface area contributed by atoms with E-state index in [1.807, 2.05) is 11.1 Å². The largest absolute Gasteiger partial charge is 0.0679 e. The second-order valence-electron chi connectivity index (χ2n) is 14.7. The summed E-state index contributed by atoms with van der Waals surface area (Å²) in [6.45, 7) is 15.3. The van der Waals surface area contributed by atoms with Gasteiger partial charge < -0.3 is 0 Å². The van der Waals surface area contributed by atoms with Crippen LogP contribution in [0.15, 0.2) is 11.1 Å². The third-order valence-corrected chi connectivity index (χ3v) is 11.3. The van der Waals surface area contributed by atoms with Gasteiger partial charge in [-0.05, 0) is 74.0 Å². The van der Waals surface area contributed by atoms with Gasteiger partial charge >= 0.3 is 0 Å². The van der Waals surface area contributed by atoms with E-state index in [-0.39, 0.29) is 0 Å². The molecule has 0 nitrogen and oxygen atoms in total. The molecule has 0 spiro atoms. The number of hydrogen-bond donors (Lipinski definition) is 0. The van der Waals surface area contributed by atoms with Gasteiger partial charge in [-0.15, -0.1) is 0 Å². The Bertz CT molecular complexity index is 547. The zero-order chi connectivity index (χ0) is 27.6. The van der Waals surface area contributed by atoms with Crippen molar-refractivity contribution in [2.75, 3.05) is 0 Å². The quantitative estimate of drug-likeness (QED) is 0.274. The molecule has 0 N–H and O–H groups in total. The standard InChI is InChI=1S/C38H72/c1-31-23-15-7-9-19-27-35(5)38-30-22-14-12-18-26-34(4)32(2)24-16-8-10-20-28-36(6)37(38)29-21-13-11-17-25-33(31)3/h31-36H,7-30H2,1-6H3/b38-37+. The van der Waals surface area contributed by atoms with Crippen LogP contribution in [0.5, 0.6) is 0 Å². The Balaban J connectivity index is 2.12. The summed E-state index contributed by atoms with van der Waals surface area (Å²) in [5, 5.41) is 0. The zero-order valence-electron chi connectivity index (χ0n) is 27.4. The maximum atomic E-state index is 2.62. The molecule has 0 saturated heterocycles. The lowest BCUT2D eigenvalue weighted by molar-refractivity contribution is 0.321. The Morgan fingerprint density at radius 2 is 0.526 bits per heavy atom. The molecule has 2 aliphatic carbocycles. The average molecular weight is 529 g/mol. The summed E-state index contributed by atoms with van der Waals surface area (Å²) in [7, 11) is 0. The molecule has 6 unspecified atom stereocenters. The van der Waals surface area contributed by atoms with Gasteiger partial charge in [0.2, 0.25) is 0 Å². The summed E-state index contributed by atoms with van der Waals surface area (Å²) in [5.74, 6) is 5.31. The average Bonchev–Trinajstić information content (AvgIpc) is 2.90. The Labute approximate surface area is 242 Å². The summed E-state index contributed by atoms with van der Waals surface area (Å²) >= 11 is 0. The normalized spacial score (nSPS) is 36.5. The minimum absolute atomic E-state index is 0.810. The van der Waals surface area contributed by atoms with Crippen LogP contribution in [0.4, 0.5) is 0 Å². The van der Waals surface area contributed by atoms with Crippen molar-refractivity contribution in [2.24, 2.45) is 35.5 Å². The van der Waals surface area contributed by atoms with Crippen LogP contribution in [0.1, 0.15) is 196 Å². The highest BCUT2D eigenvalue weighted by atomic mass is 14.3. The van der Waals surface area contributed by atoms with Gasteiger partial charge in [0.15, 0.2) is 0 Å². The van der Waals surface area contributed by atoms with Gasteiger partial charge in [-0.2, -0.15) is 0 Å². The summed E-state index contributed by atoms with van der Waals surface area (Å²) in [4.78, 5) is 0. The molecule has 6 atom stereocenters. The van der Waals surface area contributed by atoms with E-state index in [0.717, 1.165) is 35.5 Å². The lowest BCUT2D eigenvalue weighted by Gasteiger charge is -2.26. The van der Waals surface area contributed by atoms with E-state index in [4.69, 9.17) is 0 Å². The van der Waals surface area contributed by atoms with Crippen molar-refractivity contribution in [3.8, 4) is 0 Å². The van der Waals surface area contributed by atoms with Gasteiger partial charge in [0.05, 0.1) is 0 Å². The Morgan fingerprint density at radius 3 is 0.816 bits per heavy atom. The molecule has 0 aromatic rings. The molecule has 0 aliphatic heterocycles. The van der Waals surface area contributed by atoms with Crippen molar-refractivity contribution in [1.29, 1.82) is 0 Å². The summed E-state index contributed by atoms with van der Waals surface area (Å²) < 4.78 is 0. The Kier molecular flexibility index (Phi) is 18.4. The summed E-state index contributed by atoms with van der Waals surface area (Å²) in [6.07, 6.45) is 34.8. The molecule has 0 radical (unpaired) electrons. The molecule has 0 amide bonds. The van der Waals surface area contributed by atoms with E-state index in [1.54, 1.807) is 0 Å². The fourth-order valence-electron chi connectivity index (χ4n) is 7.74. The molecule has 224 valence electrons. The first kappa shape index (κ1) is 33.9. The molecule has 0 heterocycles. The molecule has 0 fully saturated rings. The minimum Gasteiger partial charge on any atom is -0.0679 e. The lowest BCUT2D eigenvalue weighted by Crippen LogP contribution is -2.11. The fourth-order valence-corrected chi connectivity index (χ4v) is 7.74. The number of allylic oxidation sites excluding steroid dienone is 2. The Morgan fingerprint density at radius 1 is 0.289 bits per heavy atom. The topological polar surface area (TPSA) is 0 Å². The second-order valence-corrected chi connectivity index (χ2v) is 14.7. The molecule has 38 heavy (non-hydrogen) atoms. The molecule has 0 heteroatoms. The van der Waals surface area contributed by atoms with E-state index in [9.17, 15) is 0 Å². The van der Waals surface area contributed by atoms with Crippen molar-refractivity contribution in [2.45, 2.75) is 196 Å². The van der Waals surface area contributed by atoms with Crippen LogP contribution < -0.4 is 0 Å². The maximum absolute atomic E-state index is 2.62. The van der Waals surface area contributed by atoms with Gasteiger partial charge in [0, 0.05) is 0 Å². The number of rotatable bonds is 0. The molecular weight excluding hydrogens is 456 g/mol. The van der Waals surface area contributed by atoms with Gasteiger partial charge in [-0.1, -0.05) is 168 Å². The van der Waals surface area contributed by atoms with Gasteiger partial charge in [0.25, 0.3) is 0 Å². The first-order valence-corrected chi connectivity index (χ1v) is 18.1. The van der Waals surface area contributed by atoms with E-state index < -0.39 is 0 Å². The van der Waals surface area contributed by atoms with E-state index in [1.165, 1.54) is 154 Å². The van der Waals surface area contributed by atoms with Crippen LogP contribution >= 0.6 is 0 Å². The third kappa shape index (κ3) is 13.9. The van der Waals surface area contributed by atoms with Crippen molar-refractivity contribution in [1.82, 2.24) is 0 Å². The minimum atomic E-state index is 0.810. The van der Waals surface area contributed by atoms with E-state index >= 15 is 0 Å². The van der Waals surface area contributed by atoms with Crippen molar-refractivity contribution in [3.05, 3.63) is 11.1 Å². The molecule has 2 aliphatic rings. The molecule has 2 rings (SSSR count). The highest BCUT2D eigenvalue weighted by Gasteiger charge is 2.20. The van der Waals surface area contributed by atoms with Crippen LogP contribution in [0.2, 0.25) is 0 Å². The van der Waals surface area contributed by atoms with E-state index in [0.29, 0.717) is 0 Å². The SMILES string of the molecule is CC1CCCCCCC(C)C(C)CCCCCC/C2=C\1CCCCCCC(C)C(C)CCCCCCC2C. The molecule has 0 saturated carbocycles. The highest BCUT2D eigenvalue weighted by Crippen LogP contribution is 2.36. The van der Waals surface area contributed by atoms with Gasteiger partial charge in [-0.3, -0.25) is 0 Å². The predicted octanol–water partition coefficient (Wildman–Crippen LogP) is 13.5. The Hall–Kier alpha value is -0.260. The van der Waals surface area contributed by atoms with Crippen molar-refractivity contribution < 1.29 is 0 Å². The van der Waals surface area contributed by atoms with Gasteiger partial charge in [0.1, 0.15) is 0 Å². The molecular formula is C38H72. The molecule has 0 aromatic heterocycles. The van der Waals surface area contributed by atoms with Crippen LogP contribution in [0.25, 0.3) is 0 Å². The smallest absolute Gasteiger partial charge is 0.0229 e. The summed E-state index contributed by atoms with van der Waals surface area (Å²) in [5.41, 5.74) is 3.88. The predicted molar refractivity (Wildman–Crippen MR) is 173 cm³/mol. The summed E-state index contributed by atoms with van der Waals surface area (Å²) in [6, 6.07) is 0.